The second kappa shape index (κ2) is 7.20. The molecule has 1 aliphatic heterocycles. The molecule has 0 radical (unpaired) electrons. The van der Waals surface area contributed by atoms with Crippen LogP contribution >= 0.6 is 0 Å². The number of phenolic OH excluding ortho intramolecular Hbond substituents is 2. The first-order valence-electron chi connectivity index (χ1n) is 6.64. The number of hydroxylamine groups is 1. The van der Waals surface area contributed by atoms with Crippen LogP contribution in [0.4, 0.5) is 0 Å². The van der Waals surface area contributed by atoms with Crippen LogP contribution in [0.5, 0.6) is 11.5 Å². The second-order valence-electron chi connectivity index (χ2n) is 4.95. The molecule has 1 fully saturated rings. The Labute approximate surface area is 125 Å². The molecule has 1 aromatic rings. The number of phenols is 2. The topological polar surface area (TPSA) is 152 Å². The van der Waals surface area contributed by atoms with Gasteiger partial charge in [0.15, 0.2) is 0 Å². The molecule has 0 unspecified atom stereocenters. The van der Waals surface area contributed by atoms with Crippen molar-refractivity contribution >= 4 is 0 Å². The van der Waals surface area contributed by atoms with Gasteiger partial charge in [-0.15, -0.1) is 0 Å². The molecule has 2 rings (SSSR count). The third-order valence-electron chi connectivity index (χ3n) is 3.38. The molecule has 1 heterocycles. The van der Waals surface area contributed by atoms with Crippen LogP contribution in [0.25, 0.3) is 0 Å². The number of rotatable bonds is 5. The molecule has 0 bridgehead atoms. The number of aromatic hydroxyl groups is 2. The van der Waals surface area contributed by atoms with Crippen molar-refractivity contribution in [2.24, 2.45) is 0 Å². The smallest absolute Gasteiger partial charge is 0.206 e. The Balaban J connectivity index is 1.90. The number of aliphatic hydroxyl groups excluding tert-OH is 4. The lowest BCUT2D eigenvalue weighted by atomic mass is 9.99. The van der Waals surface area contributed by atoms with Crippen LogP contribution in [-0.2, 0) is 16.1 Å². The Morgan fingerprint density at radius 1 is 1.09 bits per heavy atom. The number of hydrogen-bond acceptors (Lipinski definition) is 9. The Morgan fingerprint density at radius 3 is 2.45 bits per heavy atom. The minimum Gasteiger partial charge on any atom is -0.508 e. The molecule has 0 aromatic heterocycles. The van der Waals surface area contributed by atoms with Crippen molar-refractivity contribution < 1.29 is 40.2 Å². The molecule has 9 heteroatoms. The maximum Gasteiger partial charge on any atom is 0.206 e. The highest BCUT2D eigenvalue weighted by atomic mass is 16.8. The number of aliphatic hydroxyl groups is 4. The van der Waals surface area contributed by atoms with Crippen LogP contribution in [0.1, 0.15) is 5.56 Å². The molecule has 9 nitrogen and oxygen atoms in total. The van der Waals surface area contributed by atoms with Crippen LogP contribution < -0.4 is 5.48 Å². The molecule has 0 amide bonds. The molecule has 124 valence electrons. The predicted octanol–water partition coefficient (Wildman–Crippen LogP) is -2.08. The normalized spacial score (nSPS) is 32.1. The van der Waals surface area contributed by atoms with Crippen molar-refractivity contribution in [1.82, 2.24) is 5.48 Å². The van der Waals surface area contributed by atoms with Crippen molar-refractivity contribution in [3.63, 3.8) is 0 Å². The van der Waals surface area contributed by atoms with Gasteiger partial charge in [0.25, 0.3) is 0 Å². The highest BCUT2D eigenvalue weighted by Gasteiger charge is 2.44. The summed E-state index contributed by atoms with van der Waals surface area (Å²) in [5.41, 5.74) is 2.86. The molecular formula is C13H19NO8. The van der Waals surface area contributed by atoms with E-state index in [9.17, 15) is 25.5 Å². The monoisotopic (exact) mass is 317 g/mol. The number of nitrogens with one attached hydrogen (secondary N) is 1. The van der Waals surface area contributed by atoms with Gasteiger partial charge in [0, 0.05) is 18.2 Å². The predicted molar refractivity (Wildman–Crippen MR) is 71.5 cm³/mol. The van der Waals surface area contributed by atoms with Crippen LogP contribution in [0, 0.1) is 0 Å². The molecule has 1 aromatic carbocycles. The molecule has 1 saturated heterocycles. The summed E-state index contributed by atoms with van der Waals surface area (Å²) < 4.78 is 5.12. The zero-order valence-corrected chi connectivity index (χ0v) is 11.5. The van der Waals surface area contributed by atoms with E-state index in [1.807, 2.05) is 0 Å². The van der Waals surface area contributed by atoms with Gasteiger partial charge < -0.3 is 35.4 Å². The Hall–Kier alpha value is -1.46. The minimum atomic E-state index is -1.53. The fraction of sp³-hybridized carbons (Fsp3) is 0.538. The molecule has 0 aliphatic carbocycles. The quantitative estimate of drug-likeness (QED) is 0.303. The lowest BCUT2D eigenvalue weighted by Crippen LogP contribution is -2.59. The van der Waals surface area contributed by atoms with Gasteiger partial charge >= 0.3 is 0 Å². The summed E-state index contributed by atoms with van der Waals surface area (Å²) in [7, 11) is 0. The van der Waals surface area contributed by atoms with Gasteiger partial charge in [0.05, 0.1) is 6.61 Å². The first kappa shape index (κ1) is 16.9. The van der Waals surface area contributed by atoms with Crippen molar-refractivity contribution in [3.8, 4) is 11.5 Å². The maximum absolute atomic E-state index is 9.75. The summed E-state index contributed by atoms with van der Waals surface area (Å²) in [5.74, 6) is -0.235. The molecule has 0 saturated carbocycles. The van der Waals surface area contributed by atoms with Gasteiger partial charge in [0.2, 0.25) is 6.29 Å². The summed E-state index contributed by atoms with van der Waals surface area (Å²) in [4.78, 5) is 5.06. The average molecular weight is 317 g/mol. The molecule has 22 heavy (non-hydrogen) atoms. The third kappa shape index (κ3) is 3.65. The summed E-state index contributed by atoms with van der Waals surface area (Å²) in [5, 5.41) is 56.8. The molecule has 7 N–H and O–H groups in total. The lowest BCUT2D eigenvalue weighted by Gasteiger charge is -2.39. The summed E-state index contributed by atoms with van der Waals surface area (Å²) in [6.07, 6.45) is -6.87. The van der Waals surface area contributed by atoms with Gasteiger partial charge in [-0.25, -0.2) is 0 Å². The highest BCUT2D eigenvalue weighted by molar-refractivity contribution is 5.38. The number of hydrogen-bond donors (Lipinski definition) is 7. The van der Waals surface area contributed by atoms with Crippen molar-refractivity contribution in [3.05, 3.63) is 23.8 Å². The third-order valence-corrected chi connectivity index (χ3v) is 3.38. The summed E-state index contributed by atoms with van der Waals surface area (Å²) in [6.45, 7) is -0.523. The standard InChI is InChI=1S/C13H19NO8/c15-5-9-10(18)11(19)12(20)13(21-9)22-14-4-6-1-2-7(16)3-8(6)17/h1-3,9-20H,4-5H2/t9-,10+,11+,12-,13+/m1/s1. The van der Waals surface area contributed by atoms with E-state index >= 15 is 0 Å². The van der Waals surface area contributed by atoms with Crippen LogP contribution in [-0.4, -0.2) is 68.0 Å². The van der Waals surface area contributed by atoms with E-state index < -0.39 is 37.3 Å². The van der Waals surface area contributed by atoms with E-state index in [0.29, 0.717) is 5.56 Å². The SMILES string of the molecule is OC[C@H]1O[C@@H](ONCc2ccc(O)cc2O)[C@H](O)[C@@H](O)[C@H]1O. The minimum absolute atomic E-state index is 0.0289. The van der Waals surface area contributed by atoms with E-state index in [0.717, 1.165) is 6.07 Å². The molecule has 0 spiro atoms. The largest absolute Gasteiger partial charge is 0.508 e. The fourth-order valence-corrected chi connectivity index (χ4v) is 2.07. The highest BCUT2D eigenvalue weighted by Crippen LogP contribution is 2.23. The van der Waals surface area contributed by atoms with Gasteiger partial charge in [-0.3, -0.25) is 4.84 Å². The van der Waals surface area contributed by atoms with Gasteiger partial charge in [-0.1, -0.05) is 6.07 Å². The van der Waals surface area contributed by atoms with E-state index in [2.05, 4.69) is 5.48 Å². The van der Waals surface area contributed by atoms with Crippen LogP contribution in [0.15, 0.2) is 18.2 Å². The number of benzene rings is 1. The van der Waals surface area contributed by atoms with Crippen molar-refractivity contribution in [2.75, 3.05) is 6.61 Å². The van der Waals surface area contributed by atoms with E-state index in [-0.39, 0.29) is 18.0 Å². The van der Waals surface area contributed by atoms with Gasteiger partial charge in [-0.05, 0) is 6.07 Å². The van der Waals surface area contributed by atoms with Crippen LogP contribution in [0.2, 0.25) is 0 Å². The first-order valence-corrected chi connectivity index (χ1v) is 6.64. The van der Waals surface area contributed by atoms with Crippen LogP contribution in [0.3, 0.4) is 0 Å². The van der Waals surface area contributed by atoms with Crippen molar-refractivity contribution in [1.29, 1.82) is 0 Å². The average Bonchev–Trinajstić information content (AvgIpc) is 2.49. The fourth-order valence-electron chi connectivity index (χ4n) is 2.07. The lowest BCUT2D eigenvalue weighted by molar-refractivity contribution is -0.316. The van der Waals surface area contributed by atoms with E-state index in [1.54, 1.807) is 0 Å². The van der Waals surface area contributed by atoms with E-state index in [1.165, 1.54) is 12.1 Å². The zero-order chi connectivity index (χ0) is 16.3. The van der Waals surface area contributed by atoms with E-state index in [4.69, 9.17) is 14.7 Å². The summed E-state index contributed by atoms with van der Waals surface area (Å²) >= 11 is 0. The number of ether oxygens (including phenoxy) is 1. The van der Waals surface area contributed by atoms with Crippen molar-refractivity contribution in [2.45, 2.75) is 37.3 Å². The maximum atomic E-state index is 9.75. The second-order valence-corrected chi connectivity index (χ2v) is 4.95. The molecular weight excluding hydrogens is 298 g/mol. The Bertz CT molecular complexity index is 497. The summed E-state index contributed by atoms with van der Waals surface area (Å²) in [6, 6.07) is 4.00. The Kier molecular flexibility index (Phi) is 5.53. The Morgan fingerprint density at radius 2 is 1.82 bits per heavy atom. The molecule has 5 atom stereocenters. The first-order chi connectivity index (χ1) is 10.4. The van der Waals surface area contributed by atoms with Gasteiger partial charge in [-0.2, -0.15) is 5.48 Å². The zero-order valence-electron chi connectivity index (χ0n) is 11.5. The molecule has 1 aliphatic rings. The van der Waals surface area contributed by atoms with Gasteiger partial charge in [0.1, 0.15) is 35.9 Å².